The molecule has 378 valence electrons. The molecule has 0 radical (unpaired) electrons. The van der Waals surface area contributed by atoms with Gasteiger partial charge in [0.2, 0.25) is 0 Å². The summed E-state index contributed by atoms with van der Waals surface area (Å²) in [7, 11) is -0.436. The Hall–Kier alpha value is -5.00. The molecule has 12 rings (SSSR count). The van der Waals surface area contributed by atoms with Gasteiger partial charge < -0.3 is 14.2 Å². The van der Waals surface area contributed by atoms with Gasteiger partial charge in [0, 0.05) is 28.1 Å². The summed E-state index contributed by atoms with van der Waals surface area (Å²) < 4.78 is 7.85. The van der Waals surface area contributed by atoms with Gasteiger partial charge in [-0.25, -0.2) is 0 Å². The SMILES string of the molecule is C[SiH2]C1=CC[C@@](C)(N2c3cc(C)cc4c3B(c3cc5c(cc3N4c3ccc4c(c3)C(C)(C)CCC4(C)C)C(C)CCC5(C)C)c3oc4cc5c(cc4c32)C(C)(C)CCC5(C)C)C(c2ccc(C(C)(C)C)cc2)=C1. The third-order valence-corrected chi connectivity index (χ3v) is 21.5. The average molecular weight is 983 g/mol. The smallest absolute Gasteiger partial charge is 0.297 e. The molecule has 0 saturated heterocycles. The molecule has 1 aromatic heterocycles. The number of hydrogen-bond donors (Lipinski definition) is 0. The van der Waals surface area contributed by atoms with E-state index in [-0.39, 0.29) is 39.2 Å². The minimum absolute atomic E-state index is 0.0420. The molecule has 0 amide bonds. The Labute approximate surface area is 442 Å². The van der Waals surface area contributed by atoms with Crippen molar-refractivity contribution < 1.29 is 4.42 Å². The third kappa shape index (κ3) is 7.22. The predicted octanol–water partition coefficient (Wildman–Crippen LogP) is 16.0. The van der Waals surface area contributed by atoms with Crippen LogP contribution in [0.1, 0.15) is 205 Å². The van der Waals surface area contributed by atoms with Crippen LogP contribution in [0, 0.1) is 6.92 Å². The van der Waals surface area contributed by atoms with Crippen LogP contribution in [-0.4, -0.2) is 21.8 Å². The first-order valence-electron chi connectivity index (χ1n) is 28.4. The number of benzene rings is 5. The number of nitrogens with zero attached hydrogens (tertiary/aromatic N) is 2. The molecule has 0 bridgehead atoms. The van der Waals surface area contributed by atoms with E-state index in [0.29, 0.717) is 5.92 Å². The van der Waals surface area contributed by atoms with Crippen LogP contribution >= 0.6 is 0 Å². The summed E-state index contributed by atoms with van der Waals surface area (Å²) in [4.78, 5) is 5.55. The van der Waals surface area contributed by atoms with Gasteiger partial charge in [-0.3, -0.25) is 0 Å². The van der Waals surface area contributed by atoms with E-state index in [4.69, 9.17) is 4.42 Å². The Morgan fingerprint density at radius 1 is 0.644 bits per heavy atom. The number of rotatable bonds is 4. The van der Waals surface area contributed by atoms with Gasteiger partial charge in [0.05, 0.1) is 26.4 Å². The van der Waals surface area contributed by atoms with E-state index < -0.39 is 15.1 Å². The van der Waals surface area contributed by atoms with Crippen LogP contribution in [0.3, 0.4) is 0 Å². The summed E-state index contributed by atoms with van der Waals surface area (Å²) in [6.45, 7) is 41.5. The van der Waals surface area contributed by atoms with E-state index in [1.54, 1.807) is 5.20 Å². The maximum Gasteiger partial charge on any atom is 0.297 e. The highest BCUT2D eigenvalue weighted by atomic mass is 28.2. The predicted molar refractivity (Wildman–Crippen MR) is 319 cm³/mol. The molecule has 73 heavy (non-hydrogen) atoms. The van der Waals surface area contributed by atoms with Crippen LogP contribution in [0.5, 0.6) is 0 Å². The maximum atomic E-state index is 7.85. The molecule has 1 unspecified atom stereocenters. The Morgan fingerprint density at radius 3 is 1.89 bits per heavy atom. The monoisotopic (exact) mass is 983 g/mol. The molecule has 0 fully saturated rings. The second-order valence-corrected chi connectivity index (χ2v) is 30.1. The van der Waals surface area contributed by atoms with Crippen LogP contribution in [0.4, 0.5) is 28.4 Å². The number of allylic oxidation sites excluding steroid dienone is 2. The maximum absolute atomic E-state index is 7.85. The van der Waals surface area contributed by atoms with Crippen LogP contribution in [0.2, 0.25) is 6.55 Å². The Bertz CT molecular complexity index is 3380. The zero-order chi connectivity index (χ0) is 51.9. The van der Waals surface area contributed by atoms with Crippen LogP contribution in [0.15, 0.2) is 101 Å². The molecule has 5 aromatic carbocycles. The van der Waals surface area contributed by atoms with Crippen LogP contribution < -0.4 is 26.4 Å². The topological polar surface area (TPSA) is 19.6 Å². The van der Waals surface area contributed by atoms with Gasteiger partial charge in [0.1, 0.15) is 5.58 Å². The van der Waals surface area contributed by atoms with Crippen molar-refractivity contribution in [1.29, 1.82) is 0 Å². The number of furan rings is 1. The number of aryl methyl sites for hydroxylation is 1. The summed E-state index contributed by atoms with van der Waals surface area (Å²) in [6.07, 6.45) is 13.2. The van der Waals surface area contributed by atoms with E-state index in [1.165, 1.54) is 132 Å². The van der Waals surface area contributed by atoms with Gasteiger partial charge in [-0.2, -0.15) is 0 Å². The summed E-state index contributed by atoms with van der Waals surface area (Å²) in [5.74, 6) is 0.479. The summed E-state index contributed by atoms with van der Waals surface area (Å²) in [6, 6.07) is 32.8. The van der Waals surface area contributed by atoms with Gasteiger partial charge in [-0.05, 0) is 206 Å². The van der Waals surface area contributed by atoms with E-state index in [2.05, 4.69) is 218 Å². The molecule has 3 nitrogen and oxygen atoms in total. The third-order valence-electron chi connectivity index (χ3n) is 20.1. The molecule has 5 heteroatoms. The molecule has 2 aliphatic heterocycles. The normalized spacial score (nSPS) is 23.8. The van der Waals surface area contributed by atoms with Crippen molar-refractivity contribution in [2.75, 3.05) is 9.80 Å². The minimum atomic E-state index is -0.446. The van der Waals surface area contributed by atoms with Crippen molar-refractivity contribution in [3.8, 4) is 0 Å². The first kappa shape index (κ1) is 48.9. The fourth-order valence-corrected chi connectivity index (χ4v) is 15.8. The van der Waals surface area contributed by atoms with Crippen molar-refractivity contribution in [3.05, 3.63) is 146 Å². The largest absolute Gasteiger partial charge is 0.468 e. The Kier molecular flexibility index (Phi) is 10.6. The van der Waals surface area contributed by atoms with Crippen molar-refractivity contribution in [2.24, 2.45) is 0 Å². The lowest BCUT2D eigenvalue weighted by Gasteiger charge is -2.51. The minimum Gasteiger partial charge on any atom is -0.468 e. The first-order valence-corrected chi connectivity index (χ1v) is 30.5. The first-order chi connectivity index (χ1) is 34.1. The lowest BCUT2D eigenvalue weighted by molar-refractivity contribution is 0.332. The van der Waals surface area contributed by atoms with Crippen LogP contribution in [-0.2, 0) is 32.5 Å². The van der Waals surface area contributed by atoms with Crippen molar-refractivity contribution in [3.63, 3.8) is 0 Å². The summed E-state index contributed by atoms with van der Waals surface area (Å²) in [5.41, 5.74) is 25.6. The zero-order valence-corrected chi connectivity index (χ0v) is 49.2. The molecular formula is C68H83BN2OSi. The number of anilines is 5. The Balaban J connectivity index is 1.20. The summed E-state index contributed by atoms with van der Waals surface area (Å²) in [5, 5.41) is 2.80. The fourth-order valence-electron chi connectivity index (χ4n) is 14.9. The molecule has 6 aromatic rings. The molecule has 4 aliphatic carbocycles. The highest BCUT2D eigenvalue weighted by Gasteiger charge is 2.53. The van der Waals surface area contributed by atoms with Gasteiger partial charge >= 0.3 is 0 Å². The molecule has 3 heterocycles. The number of fused-ring (bicyclic) bond motifs is 9. The molecular weight excluding hydrogens is 900 g/mol. The van der Waals surface area contributed by atoms with Gasteiger partial charge in [-0.15, -0.1) is 0 Å². The highest BCUT2D eigenvalue weighted by Crippen LogP contribution is 2.56. The molecule has 0 spiro atoms. The molecule has 0 N–H and O–H groups in total. The van der Waals surface area contributed by atoms with Gasteiger partial charge in [-0.1, -0.05) is 157 Å². The second-order valence-electron chi connectivity index (χ2n) is 28.6. The zero-order valence-electron chi connectivity index (χ0n) is 47.8. The van der Waals surface area contributed by atoms with Gasteiger partial charge in [0.25, 0.3) is 6.71 Å². The fraction of sp³-hybridized carbons (Fsp3) is 0.471. The highest BCUT2D eigenvalue weighted by molar-refractivity contribution is 7.00. The van der Waals surface area contributed by atoms with E-state index in [0.717, 1.165) is 24.1 Å². The van der Waals surface area contributed by atoms with E-state index in [9.17, 15) is 0 Å². The molecule has 6 aliphatic rings. The molecule has 0 saturated carbocycles. The Morgan fingerprint density at radius 2 is 1.25 bits per heavy atom. The number of hydrogen-bond acceptors (Lipinski definition) is 3. The van der Waals surface area contributed by atoms with Crippen molar-refractivity contribution in [1.82, 2.24) is 0 Å². The van der Waals surface area contributed by atoms with E-state index >= 15 is 0 Å². The summed E-state index contributed by atoms with van der Waals surface area (Å²) >= 11 is 0. The van der Waals surface area contributed by atoms with Crippen LogP contribution in [0.25, 0.3) is 16.5 Å². The lowest BCUT2D eigenvalue weighted by Crippen LogP contribution is -2.64. The molecule has 2 atom stereocenters. The standard InChI is InChI=1S/C68H83BN2OSi/c1-40-32-56-59-57(33-40)71(68(16)27-25-45(73-17)35-49(68)42-18-20-43(21-19-42)62(3,4)5)60-47-36-52-53(67(14,15)31-30-66(52,12)13)39-58(47)72-61(60)69(59)54-38-50-46(41(2)24-26-63(50,6)7)37-55(54)70(56)44-22-23-48-51(34-44)65(10,11)29-28-64(48,8)9/h18-23,25,32-39,41H,24,26-31,73H2,1-17H3/t41?,68-/m1/s1. The van der Waals surface area contributed by atoms with E-state index in [1.807, 2.05) is 0 Å². The second kappa shape index (κ2) is 15.8. The van der Waals surface area contributed by atoms with Crippen molar-refractivity contribution in [2.45, 2.75) is 206 Å². The lowest BCUT2D eigenvalue weighted by atomic mass is 9.35. The quantitative estimate of drug-likeness (QED) is 0.164. The van der Waals surface area contributed by atoms with Crippen molar-refractivity contribution >= 4 is 77.8 Å². The average Bonchev–Trinajstić information content (AvgIpc) is 3.70. The van der Waals surface area contributed by atoms with Gasteiger partial charge in [0.15, 0.2) is 0 Å².